The lowest BCUT2D eigenvalue weighted by Gasteiger charge is -2.47. The van der Waals surface area contributed by atoms with Gasteiger partial charge in [0.2, 0.25) is 0 Å². The van der Waals surface area contributed by atoms with Crippen molar-refractivity contribution in [2.75, 3.05) is 13.7 Å². The molecule has 0 aromatic heterocycles. The first-order valence-electron chi connectivity index (χ1n) is 12.6. The average molecular weight is 591 g/mol. The molecule has 3 aromatic rings. The maximum absolute atomic E-state index is 13.5. The zero-order chi connectivity index (χ0) is 28.5. The van der Waals surface area contributed by atoms with Crippen molar-refractivity contribution in [2.24, 2.45) is 0 Å². The Labute approximate surface area is 234 Å². The summed E-state index contributed by atoms with van der Waals surface area (Å²) in [6, 6.07) is 21.2. The predicted octanol–water partition coefficient (Wildman–Crippen LogP) is 3.64. The van der Waals surface area contributed by atoms with Crippen molar-refractivity contribution < 1.29 is 44.1 Å². The van der Waals surface area contributed by atoms with Crippen molar-refractivity contribution in [2.45, 2.75) is 60.6 Å². The van der Waals surface area contributed by atoms with Gasteiger partial charge in [0.05, 0.1) is 16.4 Å². The first-order valence-corrected chi connectivity index (χ1v) is 15.4. The van der Waals surface area contributed by atoms with Crippen molar-refractivity contribution in [3.05, 3.63) is 95.6 Å². The first-order chi connectivity index (χ1) is 19.1. The predicted molar refractivity (Wildman–Crippen MR) is 142 cm³/mol. The fourth-order valence-electron chi connectivity index (χ4n) is 4.54. The topological polar surface area (TPSA) is 124 Å². The van der Waals surface area contributed by atoms with Gasteiger partial charge < -0.3 is 18.9 Å². The van der Waals surface area contributed by atoms with Crippen LogP contribution in [-0.2, 0) is 47.5 Å². The minimum Gasteiger partial charge on any atom is -0.353 e. The maximum Gasteiger partial charge on any atom is 0.297 e. The van der Waals surface area contributed by atoms with E-state index < -0.39 is 57.2 Å². The van der Waals surface area contributed by atoms with Gasteiger partial charge in [0, 0.05) is 12.7 Å². The van der Waals surface area contributed by atoms with E-state index >= 15 is 0 Å². The van der Waals surface area contributed by atoms with E-state index in [0.717, 1.165) is 11.1 Å². The molecule has 3 aromatic carbocycles. The van der Waals surface area contributed by atoms with Gasteiger partial charge in [-0.3, -0.25) is 8.37 Å². The summed E-state index contributed by atoms with van der Waals surface area (Å²) < 4.78 is 88.4. The monoisotopic (exact) mass is 590 g/mol. The van der Waals surface area contributed by atoms with Crippen LogP contribution in [0, 0.1) is 13.8 Å². The summed E-state index contributed by atoms with van der Waals surface area (Å²) in [7, 11) is -7.52. The Morgan fingerprint density at radius 1 is 0.700 bits per heavy atom. The van der Waals surface area contributed by atoms with Crippen LogP contribution in [0.5, 0.6) is 0 Å². The molecule has 2 saturated heterocycles. The lowest BCUT2D eigenvalue weighted by molar-refractivity contribution is -0.351. The molecule has 2 fully saturated rings. The summed E-state index contributed by atoms with van der Waals surface area (Å²) in [5.41, 5.74) is 2.39. The number of rotatable bonds is 8. The van der Waals surface area contributed by atoms with Crippen molar-refractivity contribution >= 4 is 20.2 Å². The van der Waals surface area contributed by atoms with E-state index in [1.54, 1.807) is 36.4 Å². The molecule has 0 aliphatic carbocycles. The SMILES string of the molecule is CO[C@H]1O[C@@H]2CO[C@@H](c3ccccc3)O[C@H]2[C@H](OS(=O)(=O)c2ccc(C)cc2)[C@@H]1OS(=O)(=O)c1ccc(C)cc1. The molecule has 214 valence electrons. The van der Waals surface area contributed by atoms with E-state index in [1.165, 1.54) is 31.4 Å². The Bertz CT molecular complexity index is 1510. The number of hydrogen-bond acceptors (Lipinski definition) is 10. The third kappa shape index (κ3) is 6.14. The van der Waals surface area contributed by atoms with Crippen molar-refractivity contribution in [3.63, 3.8) is 0 Å². The van der Waals surface area contributed by atoms with Gasteiger partial charge in [-0.05, 0) is 38.1 Å². The third-order valence-electron chi connectivity index (χ3n) is 6.68. The van der Waals surface area contributed by atoms with Gasteiger partial charge in [-0.15, -0.1) is 0 Å². The Morgan fingerprint density at radius 3 is 1.75 bits per heavy atom. The normalized spacial score (nSPS) is 27.2. The van der Waals surface area contributed by atoms with Gasteiger partial charge in [0.1, 0.15) is 18.3 Å². The minimum absolute atomic E-state index is 0.00591. The van der Waals surface area contributed by atoms with Crippen molar-refractivity contribution in [1.29, 1.82) is 0 Å². The Morgan fingerprint density at radius 2 is 1.23 bits per heavy atom. The van der Waals surface area contributed by atoms with Gasteiger partial charge in [0.25, 0.3) is 20.2 Å². The van der Waals surface area contributed by atoms with Crippen molar-refractivity contribution in [1.82, 2.24) is 0 Å². The number of fused-ring (bicyclic) bond motifs is 1. The Kier molecular flexibility index (Phi) is 8.41. The smallest absolute Gasteiger partial charge is 0.297 e. The van der Waals surface area contributed by atoms with Crippen LogP contribution in [0.1, 0.15) is 23.0 Å². The number of methoxy groups -OCH3 is 1. The van der Waals surface area contributed by atoms with Crippen molar-refractivity contribution in [3.8, 4) is 0 Å². The lowest BCUT2D eigenvalue weighted by atomic mass is 9.98. The summed E-state index contributed by atoms with van der Waals surface area (Å²) in [6.07, 6.45) is -7.17. The Balaban J connectivity index is 1.53. The van der Waals surface area contributed by atoms with Crippen LogP contribution < -0.4 is 0 Å². The Hall–Kier alpha value is -2.68. The molecular weight excluding hydrogens is 560 g/mol. The van der Waals surface area contributed by atoms with Gasteiger partial charge in [0.15, 0.2) is 18.7 Å². The van der Waals surface area contributed by atoms with Crippen LogP contribution in [0.3, 0.4) is 0 Å². The van der Waals surface area contributed by atoms with E-state index in [4.69, 9.17) is 27.3 Å². The maximum atomic E-state index is 13.5. The molecular formula is C28H30O10S2. The second-order valence-electron chi connectivity index (χ2n) is 9.61. The van der Waals surface area contributed by atoms with E-state index in [0.29, 0.717) is 5.56 Å². The molecule has 0 N–H and O–H groups in total. The quantitative estimate of drug-likeness (QED) is 0.359. The standard InChI is InChI=1S/C28H30O10S2/c1-18-9-13-21(14-10-18)39(29,30)37-25-24-23(17-34-27(36-24)20-7-5-4-6-8-20)35-28(33-3)26(25)38-40(31,32)22-15-11-19(2)12-16-22/h4-16,23-28H,17H2,1-3H3/t23-,24-,25+,26+,27-,28+/m1/s1. The molecule has 2 aliphatic rings. The first kappa shape index (κ1) is 28.8. The molecule has 2 aliphatic heterocycles. The van der Waals surface area contributed by atoms with Crippen LogP contribution in [-0.4, -0.2) is 61.3 Å². The largest absolute Gasteiger partial charge is 0.353 e. The second kappa shape index (κ2) is 11.7. The van der Waals surface area contributed by atoms with Crippen LogP contribution in [0.4, 0.5) is 0 Å². The molecule has 0 radical (unpaired) electrons. The highest BCUT2D eigenvalue weighted by Crippen LogP contribution is 2.38. The number of aryl methyl sites for hydroxylation is 2. The highest BCUT2D eigenvalue weighted by atomic mass is 32.2. The molecule has 0 saturated carbocycles. The van der Waals surface area contributed by atoms with Gasteiger partial charge in [-0.1, -0.05) is 65.7 Å². The van der Waals surface area contributed by atoms with Crippen LogP contribution in [0.2, 0.25) is 0 Å². The fraction of sp³-hybridized carbons (Fsp3) is 0.357. The average Bonchev–Trinajstić information content (AvgIpc) is 2.94. The minimum atomic E-state index is -4.41. The summed E-state index contributed by atoms with van der Waals surface area (Å²) >= 11 is 0. The zero-order valence-corrected chi connectivity index (χ0v) is 23.7. The van der Waals surface area contributed by atoms with E-state index in [9.17, 15) is 16.8 Å². The molecule has 40 heavy (non-hydrogen) atoms. The van der Waals surface area contributed by atoms with Gasteiger partial charge in [-0.2, -0.15) is 16.8 Å². The van der Waals surface area contributed by atoms with E-state index in [2.05, 4.69) is 0 Å². The fourth-order valence-corrected chi connectivity index (χ4v) is 6.71. The van der Waals surface area contributed by atoms with Crippen LogP contribution in [0.25, 0.3) is 0 Å². The van der Waals surface area contributed by atoms with E-state index in [1.807, 2.05) is 32.0 Å². The number of hydrogen-bond donors (Lipinski definition) is 0. The molecule has 5 rings (SSSR count). The molecule has 0 amide bonds. The lowest BCUT2D eigenvalue weighted by Crippen LogP contribution is -2.64. The van der Waals surface area contributed by atoms with E-state index in [-0.39, 0.29) is 16.4 Å². The molecule has 0 spiro atoms. The summed E-state index contributed by atoms with van der Waals surface area (Å²) in [5.74, 6) is 0. The molecule has 10 nitrogen and oxygen atoms in total. The summed E-state index contributed by atoms with van der Waals surface area (Å²) in [5, 5.41) is 0. The van der Waals surface area contributed by atoms with Crippen LogP contribution >= 0.6 is 0 Å². The number of benzene rings is 3. The van der Waals surface area contributed by atoms with Gasteiger partial charge in [-0.25, -0.2) is 0 Å². The molecule has 0 bridgehead atoms. The molecule has 2 heterocycles. The summed E-state index contributed by atoms with van der Waals surface area (Å²) in [6.45, 7) is 3.65. The molecule has 12 heteroatoms. The highest BCUT2D eigenvalue weighted by Gasteiger charge is 2.54. The summed E-state index contributed by atoms with van der Waals surface area (Å²) in [4.78, 5) is -0.229. The third-order valence-corrected chi connectivity index (χ3v) is 9.33. The van der Waals surface area contributed by atoms with Crippen LogP contribution in [0.15, 0.2) is 88.7 Å². The second-order valence-corrected chi connectivity index (χ2v) is 12.8. The molecule has 0 unspecified atom stereocenters. The highest BCUT2D eigenvalue weighted by molar-refractivity contribution is 7.87. The molecule has 6 atom stereocenters. The number of ether oxygens (including phenoxy) is 4. The van der Waals surface area contributed by atoms with Gasteiger partial charge >= 0.3 is 0 Å². The zero-order valence-electron chi connectivity index (χ0n) is 22.1.